The van der Waals surface area contributed by atoms with Crippen molar-refractivity contribution in [2.45, 2.75) is 19.9 Å². The van der Waals surface area contributed by atoms with Crippen LogP contribution in [-0.4, -0.2) is 17.7 Å². The van der Waals surface area contributed by atoms with Crippen molar-refractivity contribution < 1.29 is 14.4 Å². The third-order valence-corrected chi connectivity index (χ3v) is 5.15. The summed E-state index contributed by atoms with van der Waals surface area (Å²) in [6.07, 6.45) is 0. The van der Waals surface area contributed by atoms with Crippen LogP contribution in [0.4, 0.5) is 5.69 Å². The fraction of sp³-hybridized carbons (Fsp3) is 0.125. The number of anilines is 1. The van der Waals surface area contributed by atoms with Gasteiger partial charge < -0.3 is 5.32 Å². The highest BCUT2D eigenvalue weighted by molar-refractivity contribution is 6.34. The number of carbonyl (C=O) groups is 3. The van der Waals surface area contributed by atoms with Crippen LogP contribution < -0.4 is 10.2 Å². The predicted octanol–water partition coefficient (Wildman–Crippen LogP) is 4.29. The Morgan fingerprint density at radius 2 is 1.45 bits per heavy atom. The molecule has 0 saturated heterocycles. The number of nitrogens with zero attached hydrogens (tertiary/aromatic N) is 1. The maximum absolute atomic E-state index is 12.8. The molecule has 0 fully saturated rings. The second-order valence-electron chi connectivity index (χ2n) is 7.10. The van der Waals surface area contributed by atoms with E-state index < -0.39 is 0 Å². The molecule has 3 aromatic carbocycles. The monoisotopic (exact) mass is 384 g/mol. The number of amides is 3. The van der Waals surface area contributed by atoms with Gasteiger partial charge in [-0.3, -0.25) is 14.4 Å². The molecule has 1 heterocycles. The highest BCUT2D eigenvalue weighted by atomic mass is 16.2. The van der Waals surface area contributed by atoms with Gasteiger partial charge in [0, 0.05) is 5.56 Å². The van der Waals surface area contributed by atoms with Gasteiger partial charge in [0.1, 0.15) is 0 Å². The number of carbonyl (C=O) groups excluding carboxylic acids is 3. The molecule has 5 heteroatoms. The lowest BCUT2D eigenvalue weighted by atomic mass is 10.1. The number of benzene rings is 3. The molecule has 0 aromatic heterocycles. The molecule has 1 N–H and O–H groups in total. The number of aryl methyl sites for hydroxylation is 1. The zero-order valence-corrected chi connectivity index (χ0v) is 16.2. The van der Waals surface area contributed by atoms with E-state index in [1.807, 2.05) is 44.2 Å². The van der Waals surface area contributed by atoms with Crippen LogP contribution in [0.5, 0.6) is 0 Å². The van der Waals surface area contributed by atoms with Crippen LogP contribution in [-0.2, 0) is 0 Å². The van der Waals surface area contributed by atoms with E-state index in [1.165, 1.54) is 0 Å². The molecule has 0 aliphatic carbocycles. The van der Waals surface area contributed by atoms with Gasteiger partial charge in [-0.05, 0) is 49.2 Å². The first-order chi connectivity index (χ1) is 14.0. The molecule has 0 spiro atoms. The second kappa shape index (κ2) is 7.36. The van der Waals surface area contributed by atoms with Gasteiger partial charge in [-0.1, -0.05) is 48.5 Å². The summed E-state index contributed by atoms with van der Waals surface area (Å²) in [7, 11) is 0. The van der Waals surface area contributed by atoms with E-state index in [1.54, 1.807) is 42.5 Å². The van der Waals surface area contributed by atoms with Crippen LogP contribution in [0.2, 0.25) is 0 Å². The number of nitrogens with one attached hydrogen (secondary N) is 1. The molecule has 0 radical (unpaired) electrons. The molecule has 29 heavy (non-hydrogen) atoms. The maximum atomic E-state index is 12.8. The molecule has 1 aliphatic rings. The fourth-order valence-corrected chi connectivity index (χ4v) is 3.50. The minimum absolute atomic E-state index is 0.173. The molecule has 0 bridgehead atoms. The second-order valence-corrected chi connectivity index (χ2v) is 7.10. The van der Waals surface area contributed by atoms with Crippen LogP contribution in [0.15, 0.2) is 72.8 Å². The first-order valence-corrected chi connectivity index (χ1v) is 9.41. The standard InChI is InChI=1S/C24H20N2O3/c1-15-12-13-18(22(27)25-16(2)17-8-4-3-5-9-17)14-21(15)26-23(28)19-10-6-7-11-20(19)24(26)29/h3-14,16H,1-2H3,(H,25,27). The van der Waals surface area contributed by atoms with E-state index >= 15 is 0 Å². The van der Waals surface area contributed by atoms with E-state index in [-0.39, 0.29) is 23.8 Å². The number of rotatable bonds is 4. The molecule has 3 aromatic rings. The first kappa shape index (κ1) is 18.6. The Bertz CT molecular complexity index is 1090. The Morgan fingerprint density at radius 1 is 0.862 bits per heavy atom. The first-order valence-electron chi connectivity index (χ1n) is 9.41. The minimum atomic E-state index is -0.371. The largest absolute Gasteiger partial charge is 0.346 e. The van der Waals surface area contributed by atoms with E-state index in [0.717, 1.165) is 16.0 Å². The molecular weight excluding hydrogens is 364 g/mol. The highest BCUT2D eigenvalue weighted by Gasteiger charge is 2.37. The Morgan fingerprint density at radius 3 is 2.07 bits per heavy atom. The Hall–Kier alpha value is -3.73. The topological polar surface area (TPSA) is 66.5 Å². The van der Waals surface area contributed by atoms with Crippen molar-refractivity contribution in [1.29, 1.82) is 0 Å². The minimum Gasteiger partial charge on any atom is -0.346 e. The van der Waals surface area contributed by atoms with Crippen molar-refractivity contribution in [2.24, 2.45) is 0 Å². The average Bonchev–Trinajstić information content (AvgIpc) is 2.99. The summed E-state index contributed by atoms with van der Waals surface area (Å²) in [5.74, 6) is -1.01. The maximum Gasteiger partial charge on any atom is 0.266 e. The van der Waals surface area contributed by atoms with E-state index in [4.69, 9.17) is 0 Å². The Kier molecular flexibility index (Phi) is 4.72. The van der Waals surface area contributed by atoms with Gasteiger partial charge in [0.05, 0.1) is 22.9 Å². The molecule has 5 nitrogen and oxygen atoms in total. The van der Waals surface area contributed by atoms with Crippen molar-refractivity contribution in [3.05, 3.63) is 101 Å². The normalized spacial score (nSPS) is 13.9. The summed E-state index contributed by atoms with van der Waals surface area (Å²) >= 11 is 0. The molecule has 1 aliphatic heterocycles. The third-order valence-electron chi connectivity index (χ3n) is 5.15. The van der Waals surface area contributed by atoms with Crippen molar-refractivity contribution in [1.82, 2.24) is 5.32 Å². The van der Waals surface area contributed by atoms with E-state index in [2.05, 4.69) is 5.32 Å². The van der Waals surface area contributed by atoms with Crippen LogP contribution in [0, 0.1) is 6.92 Å². The van der Waals surface area contributed by atoms with Crippen molar-refractivity contribution in [3.8, 4) is 0 Å². The van der Waals surface area contributed by atoms with E-state index in [0.29, 0.717) is 22.4 Å². The summed E-state index contributed by atoms with van der Waals surface area (Å²) in [4.78, 5) is 39.6. The summed E-state index contributed by atoms with van der Waals surface area (Å²) in [5.41, 5.74) is 3.32. The molecular formula is C24H20N2O3. The molecule has 144 valence electrons. The van der Waals surface area contributed by atoms with Crippen LogP contribution in [0.25, 0.3) is 0 Å². The molecule has 0 saturated carbocycles. The lowest BCUT2D eigenvalue weighted by Gasteiger charge is -2.19. The summed E-state index contributed by atoms with van der Waals surface area (Å²) < 4.78 is 0. The number of imide groups is 1. The molecule has 1 atom stereocenters. The summed E-state index contributed by atoms with van der Waals surface area (Å²) in [6.45, 7) is 3.72. The Labute approximate surface area is 169 Å². The zero-order chi connectivity index (χ0) is 20.5. The lowest BCUT2D eigenvalue weighted by Crippen LogP contribution is -2.31. The Balaban J connectivity index is 1.63. The number of hydrogen-bond donors (Lipinski definition) is 1. The van der Waals surface area contributed by atoms with Crippen LogP contribution in [0.3, 0.4) is 0 Å². The van der Waals surface area contributed by atoms with Gasteiger partial charge in [0.2, 0.25) is 0 Å². The molecule has 1 unspecified atom stereocenters. The third kappa shape index (κ3) is 3.31. The average molecular weight is 384 g/mol. The molecule has 4 rings (SSSR count). The summed E-state index contributed by atoms with van der Waals surface area (Å²) in [5, 5.41) is 2.96. The quantitative estimate of drug-likeness (QED) is 0.683. The van der Waals surface area contributed by atoms with Gasteiger partial charge in [-0.15, -0.1) is 0 Å². The number of fused-ring (bicyclic) bond motifs is 1. The number of hydrogen-bond acceptors (Lipinski definition) is 3. The fourth-order valence-electron chi connectivity index (χ4n) is 3.50. The van der Waals surface area contributed by atoms with Crippen molar-refractivity contribution in [3.63, 3.8) is 0 Å². The predicted molar refractivity (Wildman–Crippen MR) is 111 cm³/mol. The SMILES string of the molecule is Cc1ccc(C(=O)NC(C)c2ccccc2)cc1N1C(=O)c2ccccc2C1=O. The van der Waals surface area contributed by atoms with Gasteiger partial charge in [-0.25, -0.2) is 4.90 Å². The summed E-state index contributed by atoms with van der Waals surface area (Å²) in [6, 6.07) is 21.3. The highest BCUT2D eigenvalue weighted by Crippen LogP contribution is 2.31. The van der Waals surface area contributed by atoms with Gasteiger partial charge in [0.15, 0.2) is 0 Å². The van der Waals surface area contributed by atoms with Crippen molar-refractivity contribution >= 4 is 23.4 Å². The smallest absolute Gasteiger partial charge is 0.266 e. The van der Waals surface area contributed by atoms with Gasteiger partial charge >= 0.3 is 0 Å². The van der Waals surface area contributed by atoms with E-state index in [9.17, 15) is 14.4 Å². The van der Waals surface area contributed by atoms with Gasteiger partial charge in [-0.2, -0.15) is 0 Å². The van der Waals surface area contributed by atoms with Gasteiger partial charge in [0.25, 0.3) is 17.7 Å². The zero-order valence-electron chi connectivity index (χ0n) is 16.2. The van der Waals surface area contributed by atoms with Crippen LogP contribution in [0.1, 0.15) is 55.2 Å². The molecule has 3 amide bonds. The lowest BCUT2D eigenvalue weighted by molar-refractivity contribution is 0.0916. The van der Waals surface area contributed by atoms with Crippen molar-refractivity contribution in [2.75, 3.05) is 4.90 Å². The van der Waals surface area contributed by atoms with Crippen LogP contribution >= 0.6 is 0 Å².